The van der Waals surface area contributed by atoms with E-state index in [2.05, 4.69) is 117 Å². The molecule has 1 aromatic heterocycles. The van der Waals surface area contributed by atoms with Gasteiger partial charge in [0.2, 0.25) is 0 Å². The molecule has 0 aliphatic carbocycles. The van der Waals surface area contributed by atoms with Crippen molar-refractivity contribution in [3.63, 3.8) is 0 Å². The van der Waals surface area contributed by atoms with Crippen LogP contribution < -0.4 is 9.47 Å². The van der Waals surface area contributed by atoms with E-state index in [-0.39, 0.29) is 0 Å². The van der Waals surface area contributed by atoms with Crippen molar-refractivity contribution < 1.29 is 9.47 Å². The summed E-state index contributed by atoms with van der Waals surface area (Å²) in [6.07, 6.45) is 9.33. The third kappa shape index (κ3) is 8.00. The number of ether oxygens (including phenoxy) is 2. The van der Waals surface area contributed by atoms with Crippen molar-refractivity contribution in [3.05, 3.63) is 63.5 Å². The molecule has 4 aromatic rings. The van der Waals surface area contributed by atoms with E-state index in [1.807, 2.05) is 6.07 Å². The summed E-state index contributed by atoms with van der Waals surface area (Å²) in [5.74, 6) is 1.71. The van der Waals surface area contributed by atoms with E-state index < -0.39 is 0 Å². The van der Waals surface area contributed by atoms with Gasteiger partial charge in [-0.2, -0.15) is 0 Å². The Kier molecular flexibility index (Phi) is 11.7. The molecule has 0 spiro atoms. The summed E-state index contributed by atoms with van der Waals surface area (Å²) in [5, 5.41) is 4.58. The molecule has 0 N–H and O–H groups in total. The molecule has 37 heavy (non-hydrogen) atoms. The Balaban J connectivity index is 1.66. The number of aromatic nitrogens is 1. The van der Waals surface area contributed by atoms with Crippen LogP contribution in [0, 0.1) is 0 Å². The predicted octanol–water partition coefficient (Wildman–Crippen LogP) is 11.0. The molecular formula is C30H33Br4NO2. The second kappa shape index (κ2) is 14.9. The van der Waals surface area contributed by atoms with E-state index >= 15 is 0 Å². The number of nitrogens with zero attached hydrogens (tertiary/aromatic N) is 1. The van der Waals surface area contributed by atoms with Crippen molar-refractivity contribution in [1.82, 2.24) is 4.57 Å². The SMILES string of the molecule is BrCCCCCCOc1cc(OCCCCCCBr)cc(-n2c3cc(Br)ccc3c3ccc(Br)cc32)c1. The fraction of sp³-hybridized carbons (Fsp3) is 0.400. The van der Waals surface area contributed by atoms with Crippen molar-refractivity contribution in [2.75, 3.05) is 23.9 Å². The first kappa shape index (κ1) is 29.0. The Morgan fingerprint density at radius 1 is 0.541 bits per heavy atom. The van der Waals surface area contributed by atoms with Gasteiger partial charge in [0.15, 0.2) is 0 Å². The van der Waals surface area contributed by atoms with Crippen LogP contribution >= 0.6 is 63.7 Å². The van der Waals surface area contributed by atoms with E-state index in [1.165, 1.54) is 49.3 Å². The minimum absolute atomic E-state index is 0.710. The Labute approximate surface area is 253 Å². The van der Waals surface area contributed by atoms with Gasteiger partial charge < -0.3 is 14.0 Å². The highest BCUT2D eigenvalue weighted by Gasteiger charge is 2.15. The fourth-order valence-corrected chi connectivity index (χ4v) is 6.07. The van der Waals surface area contributed by atoms with Gasteiger partial charge in [0.1, 0.15) is 11.5 Å². The Hall–Kier alpha value is -1.02. The van der Waals surface area contributed by atoms with Gasteiger partial charge in [-0.3, -0.25) is 0 Å². The smallest absolute Gasteiger partial charge is 0.125 e. The summed E-state index contributed by atoms with van der Waals surface area (Å²) < 4.78 is 17.0. The molecule has 0 bridgehead atoms. The van der Waals surface area contributed by atoms with Crippen LogP contribution in [0.4, 0.5) is 0 Å². The number of benzene rings is 3. The number of rotatable bonds is 15. The first-order valence-corrected chi connectivity index (χ1v) is 16.9. The zero-order valence-corrected chi connectivity index (χ0v) is 27.3. The second-order valence-corrected chi connectivity index (χ2v) is 12.6. The zero-order chi connectivity index (χ0) is 26.0. The molecule has 3 aromatic carbocycles. The molecule has 0 aliphatic rings. The van der Waals surface area contributed by atoms with Crippen LogP contribution in [0.3, 0.4) is 0 Å². The molecule has 0 saturated heterocycles. The van der Waals surface area contributed by atoms with Gasteiger partial charge in [-0.15, -0.1) is 0 Å². The van der Waals surface area contributed by atoms with Crippen molar-refractivity contribution in [3.8, 4) is 17.2 Å². The lowest BCUT2D eigenvalue weighted by Crippen LogP contribution is -2.03. The normalized spacial score (nSPS) is 11.5. The van der Waals surface area contributed by atoms with Gasteiger partial charge in [-0.25, -0.2) is 0 Å². The third-order valence-electron chi connectivity index (χ3n) is 6.41. The summed E-state index contributed by atoms with van der Waals surface area (Å²) in [5.41, 5.74) is 3.34. The summed E-state index contributed by atoms with van der Waals surface area (Å²) in [6.45, 7) is 1.42. The number of hydrogen-bond acceptors (Lipinski definition) is 2. The lowest BCUT2D eigenvalue weighted by atomic mass is 10.2. The summed E-state index contributed by atoms with van der Waals surface area (Å²) >= 11 is 14.4. The van der Waals surface area contributed by atoms with Crippen LogP contribution in [0.25, 0.3) is 27.5 Å². The number of halogens is 4. The molecule has 0 fully saturated rings. The molecule has 0 atom stereocenters. The van der Waals surface area contributed by atoms with E-state index in [0.29, 0.717) is 13.2 Å². The lowest BCUT2D eigenvalue weighted by Gasteiger charge is -2.15. The van der Waals surface area contributed by atoms with Gasteiger partial charge in [0, 0.05) is 48.6 Å². The molecular weight excluding hydrogens is 726 g/mol. The number of fused-ring (bicyclic) bond motifs is 3. The highest BCUT2D eigenvalue weighted by molar-refractivity contribution is 9.11. The van der Waals surface area contributed by atoms with Crippen LogP contribution in [0.2, 0.25) is 0 Å². The van der Waals surface area contributed by atoms with E-state index in [9.17, 15) is 0 Å². The summed E-state index contributed by atoms with van der Waals surface area (Å²) in [6, 6.07) is 19.3. The Bertz CT molecular complexity index is 1210. The third-order valence-corrected chi connectivity index (χ3v) is 8.52. The molecule has 3 nitrogen and oxygen atoms in total. The zero-order valence-electron chi connectivity index (χ0n) is 21.0. The molecule has 0 unspecified atom stereocenters. The van der Waals surface area contributed by atoms with Gasteiger partial charge in [-0.05, 0) is 49.9 Å². The number of hydrogen-bond donors (Lipinski definition) is 0. The highest BCUT2D eigenvalue weighted by atomic mass is 79.9. The lowest BCUT2D eigenvalue weighted by molar-refractivity contribution is 0.290. The molecule has 0 radical (unpaired) electrons. The average Bonchev–Trinajstić information content (AvgIpc) is 3.20. The quantitative estimate of drug-likeness (QED) is 0.0890. The maximum absolute atomic E-state index is 6.27. The molecule has 7 heteroatoms. The highest BCUT2D eigenvalue weighted by Crippen LogP contribution is 2.37. The Morgan fingerprint density at radius 3 is 1.46 bits per heavy atom. The monoisotopic (exact) mass is 755 g/mol. The average molecular weight is 759 g/mol. The molecule has 4 rings (SSSR count). The van der Waals surface area contributed by atoms with E-state index in [4.69, 9.17) is 9.47 Å². The van der Waals surface area contributed by atoms with Crippen molar-refractivity contribution >= 4 is 85.5 Å². The predicted molar refractivity (Wildman–Crippen MR) is 172 cm³/mol. The molecule has 198 valence electrons. The molecule has 1 heterocycles. The first-order chi connectivity index (χ1) is 18.1. The topological polar surface area (TPSA) is 23.4 Å². The first-order valence-electron chi connectivity index (χ1n) is 13.0. The molecule has 0 amide bonds. The van der Waals surface area contributed by atoms with Crippen LogP contribution in [0.15, 0.2) is 63.5 Å². The van der Waals surface area contributed by atoms with Gasteiger partial charge in [0.25, 0.3) is 0 Å². The number of unbranched alkanes of at least 4 members (excludes halogenated alkanes) is 6. The molecule has 0 aliphatic heterocycles. The van der Waals surface area contributed by atoms with E-state index in [0.717, 1.165) is 60.7 Å². The van der Waals surface area contributed by atoms with Crippen LogP contribution in [-0.4, -0.2) is 28.4 Å². The van der Waals surface area contributed by atoms with Crippen LogP contribution in [0.1, 0.15) is 51.4 Å². The van der Waals surface area contributed by atoms with Gasteiger partial charge >= 0.3 is 0 Å². The van der Waals surface area contributed by atoms with E-state index in [1.54, 1.807) is 0 Å². The van der Waals surface area contributed by atoms with Gasteiger partial charge in [-0.1, -0.05) is 102 Å². The fourth-order valence-electron chi connectivity index (χ4n) is 4.58. The van der Waals surface area contributed by atoms with Gasteiger partial charge in [0.05, 0.1) is 29.9 Å². The standard InChI is InChI=1S/C30H33Br4NO2/c31-13-5-1-3-7-15-36-25-19-24(20-26(21-25)37-16-8-4-2-6-14-32)35-29-17-22(33)9-11-27(29)28-12-10-23(34)18-30(28)35/h9-12,17-21H,1-8,13-16H2. The maximum atomic E-state index is 6.27. The van der Waals surface area contributed by atoms with Crippen LogP contribution in [-0.2, 0) is 0 Å². The van der Waals surface area contributed by atoms with Crippen molar-refractivity contribution in [2.45, 2.75) is 51.4 Å². The van der Waals surface area contributed by atoms with Crippen molar-refractivity contribution in [2.24, 2.45) is 0 Å². The number of alkyl halides is 2. The van der Waals surface area contributed by atoms with Crippen LogP contribution in [0.5, 0.6) is 11.5 Å². The largest absolute Gasteiger partial charge is 0.493 e. The minimum atomic E-state index is 0.710. The summed E-state index contributed by atoms with van der Waals surface area (Å²) in [4.78, 5) is 0. The second-order valence-electron chi connectivity index (χ2n) is 9.22. The summed E-state index contributed by atoms with van der Waals surface area (Å²) in [7, 11) is 0. The Morgan fingerprint density at radius 2 is 1.00 bits per heavy atom. The van der Waals surface area contributed by atoms with Crippen molar-refractivity contribution in [1.29, 1.82) is 0 Å². The molecule has 0 saturated carbocycles. The minimum Gasteiger partial charge on any atom is -0.493 e. The maximum Gasteiger partial charge on any atom is 0.125 e.